The number of rotatable bonds is 10. The van der Waals surface area contributed by atoms with Crippen molar-refractivity contribution in [1.82, 2.24) is 10.2 Å². The molecule has 0 spiro atoms. The largest absolute Gasteiger partial charge is 0.340 e. The molecule has 28 heavy (non-hydrogen) atoms. The number of nitrogens with zero attached hydrogens (tertiary/aromatic N) is 3. The molecule has 0 fully saturated rings. The number of hydrogen-bond donors (Lipinski definition) is 1. The summed E-state index contributed by atoms with van der Waals surface area (Å²) < 4.78 is 0. The van der Waals surface area contributed by atoms with Crippen LogP contribution >= 0.6 is 0 Å². The smallest absolute Gasteiger partial charge is 0.277 e. The Morgan fingerprint density at radius 3 is 1.89 bits per heavy atom. The second-order valence-corrected chi connectivity index (χ2v) is 6.27. The van der Waals surface area contributed by atoms with E-state index >= 15 is 0 Å². The van der Waals surface area contributed by atoms with Crippen molar-refractivity contribution >= 4 is 23.2 Å². The molecule has 1 aromatic rings. The third kappa shape index (κ3) is 5.73. The van der Waals surface area contributed by atoms with Gasteiger partial charge in [0.25, 0.3) is 17.3 Å². The number of hydrogen-bond acceptors (Lipinski definition) is 6. The second-order valence-electron chi connectivity index (χ2n) is 6.27. The van der Waals surface area contributed by atoms with Crippen molar-refractivity contribution in [3.05, 3.63) is 69.3 Å². The van der Waals surface area contributed by atoms with Crippen LogP contribution < -0.4 is 5.32 Å². The maximum atomic E-state index is 12.8. The van der Waals surface area contributed by atoms with E-state index in [9.17, 15) is 29.8 Å². The van der Waals surface area contributed by atoms with E-state index in [2.05, 4.69) is 18.5 Å². The van der Waals surface area contributed by atoms with Crippen LogP contribution in [0.5, 0.6) is 0 Å². The van der Waals surface area contributed by atoms with Crippen LogP contribution in [0.3, 0.4) is 0 Å². The lowest BCUT2D eigenvalue weighted by molar-refractivity contribution is -0.394. The summed E-state index contributed by atoms with van der Waals surface area (Å²) in [5, 5.41) is 24.5. The number of amides is 2. The molecule has 10 heteroatoms. The zero-order chi connectivity index (χ0) is 21.4. The molecule has 0 aliphatic rings. The molecule has 0 bridgehead atoms. The molecule has 1 atom stereocenters. The van der Waals surface area contributed by atoms with Gasteiger partial charge in [0.2, 0.25) is 5.91 Å². The second kappa shape index (κ2) is 9.95. The van der Waals surface area contributed by atoms with E-state index < -0.39 is 33.2 Å². The van der Waals surface area contributed by atoms with Crippen molar-refractivity contribution in [3.63, 3.8) is 0 Å². The first kappa shape index (κ1) is 22.5. The average molecular weight is 390 g/mol. The van der Waals surface area contributed by atoms with Gasteiger partial charge in [-0.05, 0) is 5.92 Å². The third-order valence-electron chi connectivity index (χ3n) is 3.82. The Hall–Kier alpha value is -3.56. The first-order chi connectivity index (χ1) is 13.1. The molecular weight excluding hydrogens is 368 g/mol. The molecule has 0 saturated heterocycles. The van der Waals surface area contributed by atoms with Gasteiger partial charge in [-0.15, -0.1) is 13.2 Å². The number of non-ortho nitro benzene ring substituents is 2. The minimum absolute atomic E-state index is 0.242. The Labute approximate surface area is 161 Å². The van der Waals surface area contributed by atoms with Crippen LogP contribution in [0.4, 0.5) is 11.4 Å². The van der Waals surface area contributed by atoms with Gasteiger partial charge in [0, 0.05) is 25.2 Å². The average Bonchev–Trinajstić information content (AvgIpc) is 2.64. The fourth-order valence-corrected chi connectivity index (χ4v) is 2.44. The van der Waals surface area contributed by atoms with Gasteiger partial charge >= 0.3 is 0 Å². The normalized spacial score (nSPS) is 11.4. The highest BCUT2D eigenvalue weighted by Crippen LogP contribution is 2.23. The van der Waals surface area contributed by atoms with E-state index in [1.54, 1.807) is 13.8 Å². The summed E-state index contributed by atoms with van der Waals surface area (Å²) in [5.41, 5.74) is -1.46. The van der Waals surface area contributed by atoms with E-state index in [0.29, 0.717) is 0 Å². The zero-order valence-electron chi connectivity index (χ0n) is 15.7. The van der Waals surface area contributed by atoms with Gasteiger partial charge in [-0.2, -0.15) is 0 Å². The molecule has 150 valence electrons. The quantitative estimate of drug-likeness (QED) is 0.370. The standard InChI is InChI=1S/C18H22N4O6/c1-5-7-20(8-6-2)18(24)16(12(3)4)19-17(23)13-9-14(21(25)26)11-15(10-13)22(27)28/h5-6,9-12,16H,1-2,7-8H2,3-4H3,(H,19,23). The fourth-order valence-electron chi connectivity index (χ4n) is 2.44. The number of carbonyl (C=O) groups is 2. The van der Waals surface area contributed by atoms with Crippen LogP contribution in [0.2, 0.25) is 0 Å². The molecule has 0 aliphatic carbocycles. The summed E-state index contributed by atoms with van der Waals surface area (Å²) in [6.07, 6.45) is 3.06. The van der Waals surface area contributed by atoms with Gasteiger partial charge < -0.3 is 10.2 Å². The lowest BCUT2D eigenvalue weighted by Crippen LogP contribution is -2.51. The highest BCUT2D eigenvalue weighted by Gasteiger charge is 2.29. The lowest BCUT2D eigenvalue weighted by Gasteiger charge is -2.28. The van der Waals surface area contributed by atoms with Gasteiger partial charge in [0.1, 0.15) is 6.04 Å². The first-order valence-electron chi connectivity index (χ1n) is 8.37. The Morgan fingerprint density at radius 2 is 1.54 bits per heavy atom. The van der Waals surface area contributed by atoms with Gasteiger partial charge in [0.05, 0.1) is 21.5 Å². The molecule has 1 N–H and O–H groups in total. The van der Waals surface area contributed by atoms with Crippen LogP contribution in [-0.4, -0.2) is 45.7 Å². The van der Waals surface area contributed by atoms with Crippen LogP contribution in [0.25, 0.3) is 0 Å². The number of nitrogens with one attached hydrogen (secondary N) is 1. The number of nitro benzene ring substituents is 2. The molecule has 1 aromatic carbocycles. The Morgan fingerprint density at radius 1 is 1.07 bits per heavy atom. The van der Waals surface area contributed by atoms with E-state index in [-0.39, 0.29) is 30.5 Å². The van der Waals surface area contributed by atoms with E-state index in [1.165, 1.54) is 17.1 Å². The van der Waals surface area contributed by atoms with Crippen molar-refractivity contribution in [2.75, 3.05) is 13.1 Å². The van der Waals surface area contributed by atoms with E-state index in [4.69, 9.17) is 0 Å². The van der Waals surface area contributed by atoms with Gasteiger partial charge in [-0.3, -0.25) is 29.8 Å². The molecule has 0 radical (unpaired) electrons. The minimum Gasteiger partial charge on any atom is -0.340 e. The lowest BCUT2D eigenvalue weighted by atomic mass is 10.0. The monoisotopic (exact) mass is 390 g/mol. The zero-order valence-corrected chi connectivity index (χ0v) is 15.7. The van der Waals surface area contributed by atoms with Gasteiger partial charge in [0.15, 0.2) is 0 Å². The van der Waals surface area contributed by atoms with Crippen molar-refractivity contribution in [2.24, 2.45) is 5.92 Å². The topological polar surface area (TPSA) is 136 Å². The number of nitro groups is 2. The van der Waals surface area contributed by atoms with Crippen molar-refractivity contribution < 1.29 is 19.4 Å². The highest BCUT2D eigenvalue weighted by atomic mass is 16.6. The molecular formula is C18H22N4O6. The Bertz CT molecular complexity index is 763. The molecule has 0 saturated carbocycles. The number of carbonyl (C=O) groups excluding carboxylic acids is 2. The van der Waals surface area contributed by atoms with Crippen molar-refractivity contribution in [3.8, 4) is 0 Å². The maximum absolute atomic E-state index is 12.8. The van der Waals surface area contributed by atoms with Crippen LogP contribution in [0, 0.1) is 26.1 Å². The van der Waals surface area contributed by atoms with Gasteiger partial charge in [-0.1, -0.05) is 26.0 Å². The maximum Gasteiger partial charge on any atom is 0.277 e. The molecule has 1 unspecified atom stereocenters. The molecule has 0 aliphatic heterocycles. The minimum atomic E-state index is -0.939. The predicted octanol–water partition coefficient (Wildman–Crippen LogP) is 2.46. The summed E-state index contributed by atoms with van der Waals surface area (Å²) >= 11 is 0. The third-order valence-corrected chi connectivity index (χ3v) is 3.82. The van der Waals surface area contributed by atoms with E-state index in [1.807, 2.05) is 0 Å². The predicted molar refractivity (Wildman–Crippen MR) is 103 cm³/mol. The SMILES string of the molecule is C=CCN(CC=C)C(=O)C(NC(=O)c1cc([N+](=O)[O-])cc([N+](=O)[O-])c1)C(C)C. The number of benzene rings is 1. The molecule has 10 nitrogen and oxygen atoms in total. The van der Waals surface area contributed by atoms with Crippen molar-refractivity contribution in [2.45, 2.75) is 19.9 Å². The molecule has 1 rings (SSSR count). The van der Waals surface area contributed by atoms with Crippen molar-refractivity contribution in [1.29, 1.82) is 0 Å². The summed E-state index contributed by atoms with van der Waals surface area (Å²) in [5.74, 6) is -1.51. The van der Waals surface area contributed by atoms with Crippen LogP contribution in [-0.2, 0) is 4.79 Å². The summed E-state index contributed by atoms with van der Waals surface area (Å²) in [7, 11) is 0. The van der Waals surface area contributed by atoms with Crippen LogP contribution in [0.1, 0.15) is 24.2 Å². The highest BCUT2D eigenvalue weighted by molar-refractivity contribution is 5.98. The Kier molecular flexibility index (Phi) is 7.99. The van der Waals surface area contributed by atoms with E-state index in [0.717, 1.165) is 18.2 Å². The summed E-state index contributed by atoms with van der Waals surface area (Å²) in [6.45, 7) is 11.1. The first-order valence-corrected chi connectivity index (χ1v) is 8.37. The fraction of sp³-hybridized carbons (Fsp3) is 0.333. The molecule has 0 heterocycles. The Balaban J connectivity index is 3.21. The van der Waals surface area contributed by atoms with Gasteiger partial charge in [-0.25, -0.2) is 0 Å². The summed E-state index contributed by atoms with van der Waals surface area (Å²) in [6, 6.07) is 1.67. The molecule has 2 amide bonds. The molecule has 0 aromatic heterocycles. The summed E-state index contributed by atoms with van der Waals surface area (Å²) in [4.78, 5) is 47.1. The van der Waals surface area contributed by atoms with Crippen LogP contribution in [0.15, 0.2) is 43.5 Å².